The Morgan fingerprint density at radius 1 is 1.04 bits per heavy atom. The van der Waals surface area contributed by atoms with E-state index in [4.69, 9.17) is 4.74 Å². The van der Waals surface area contributed by atoms with E-state index in [2.05, 4.69) is 6.92 Å². The van der Waals surface area contributed by atoms with Gasteiger partial charge < -0.3 is 4.74 Å². The molecule has 25 heavy (non-hydrogen) atoms. The van der Waals surface area contributed by atoms with Gasteiger partial charge in [0.05, 0.1) is 6.61 Å². The highest BCUT2D eigenvalue weighted by Crippen LogP contribution is 2.37. The van der Waals surface area contributed by atoms with Crippen LogP contribution in [0.1, 0.15) is 44.2 Å². The maximum Gasteiger partial charge on any atom is 0.119 e. The highest BCUT2D eigenvalue weighted by Gasteiger charge is 2.21. The first-order valence-corrected chi connectivity index (χ1v) is 9.54. The van der Waals surface area contributed by atoms with Crippen molar-refractivity contribution in [1.29, 1.82) is 0 Å². The lowest BCUT2D eigenvalue weighted by Gasteiger charge is -2.32. The molecule has 0 aliphatic rings. The molecule has 134 valence electrons. The number of benzene rings is 2. The van der Waals surface area contributed by atoms with Crippen LogP contribution < -0.4 is 4.74 Å². The highest BCUT2D eigenvalue weighted by atomic mass is 32.2. The number of nitro groups is 1. The third kappa shape index (κ3) is 4.92. The third-order valence-electron chi connectivity index (χ3n) is 3.98. The van der Waals surface area contributed by atoms with Gasteiger partial charge in [0, 0.05) is 4.90 Å². The minimum atomic E-state index is -0.351. The first-order chi connectivity index (χ1) is 12.1. The Bertz CT molecular complexity index is 621. The summed E-state index contributed by atoms with van der Waals surface area (Å²) in [6.45, 7) is 6.47. The number of rotatable bonds is 9. The average molecular weight is 358 g/mol. The van der Waals surface area contributed by atoms with Crippen LogP contribution in [0.4, 0.5) is 0 Å². The number of ether oxygens (including phenoxy) is 1. The molecule has 2 aromatic rings. The molecule has 0 aliphatic heterocycles. The predicted molar refractivity (Wildman–Crippen MR) is 103 cm³/mol. The molecule has 5 heteroatoms. The van der Waals surface area contributed by atoms with E-state index >= 15 is 0 Å². The zero-order valence-electron chi connectivity index (χ0n) is 14.9. The van der Waals surface area contributed by atoms with Gasteiger partial charge in [0.25, 0.3) is 0 Å². The monoisotopic (exact) mass is 358 g/mol. The fourth-order valence-corrected chi connectivity index (χ4v) is 3.52. The van der Waals surface area contributed by atoms with Gasteiger partial charge >= 0.3 is 0 Å². The summed E-state index contributed by atoms with van der Waals surface area (Å²) in [5.41, 5.74) is 1.85. The van der Waals surface area contributed by atoms with Gasteiger partial charge in [-0.3, -0.25) is 10.1 Å². The van der Waals surface area contributed by atoms with E-state index < -0.39 is 0 Å². The van der Waals surface area contributed by atoms with Gasteiger partial charge in [-0.15, -0.1) is 23.1 Å². The molecule has 0 aliphatic carbocycles. The van der Waals surface area contributed by atoms with Crippen molar-refractivity contribution in [1.82, 2.24) is 0 Å². The molecular formula is C20H24NO3S-. The average Bonchev–Trinajstić information content (AvgIpc) is 2.61. The third-order valence-corrected chi connectivity index (χ3v) is 4.87. The molecule has 1 atom stereocenters. The normalized spacial score (nSPS) is 11.8. The van der Waals surface area contributed by atoms with Gasteiger partial charge in [-0.25, -0.2) is 0 Å². The summed E-state index contributed by atoms with van der Waals surface area (Å²) in [6, 6.07) is 16.0. The molecule has 0 saturated heterocycles. The molecule has 0 saturated carbocycles. The molecular weight excluding hydrogens is 334 g/mol. The fraction of sp³-hybridized carbons (Fsp3) is 0.350. The van der Waals surface area contributed by atoms with Crippen molar-refractivity contribution in [3.05, 3.63) is 75.8 Å². The second kappa shape index (κ2) is 9.37. The van der Waals surface area contributed by atoms with E-state index in [9.17, 15) is 10.1 Å². The van der Waals surface area contributed by atoms with E-state index in [-0.39, 0.29) is 10.8 Å². The Morgan fingerprint density at radius 3 is 2.04 bits per heavy atom. The topological polar surface area (TPSA) is 52.4 Å². The molecule has 0 N–H and O–H groups in total. The lowest BCUT2D eigenvalue weighted by Crippen LogP contribution is -2.19. The molecule has 0 spiro atoms. The number of thioether (sulfide) groups is 1. The van der Waals surface area contributed by atoms with E-state index in [0.29, 0.717) is 19.1 Å². The van der Waals surface area contributed by atoms with Crippen LogP contribution in [0.15, 0.2) is 53.4 Å². The molecule has 0 aromatic heterocycles. The summed E-state index contributed by atoms with van der Waals surface area (Å²) < 4.78 is 5.48. The number of hydrogen-bond acceptors (Lipinski definition) is 4. The van der Waals surface area contributed by atoms with Gasteiger partial charge in [0.2, 0.25) is 0 Å². The summed E-state index contributed by atoms with van der Waals surface area (Å²) in [4.78, 5) is 12.5. The van der Waals surface area contributed by atoms with Gasteiger partial charge in [0.1, 0.15) is 5.75 Å². The minimum Gasteiger partial charge on any atom is -0.494 e. The van der Waals surface area contributed by atoms with Gasteiger partial charge in [0.15, 0.2) is 0 Å². The largest absolute Gasteiger partial charge is 0.494 e. The van der Waals surface area contributed by atoms with E-state index in [1.54, 1.807) is 11.8 Å². The van der Waals surface area contributed by atoms with Crippen molar-refractivity contribution in [3.63, 3.8) is 0 Å². The standard InChI is InChI=1S/C20H24NO3S/c1-4-19(21(22)23)20(15-7-11-17(12-8-15)24-5-2)16-9-13-18(14-10-16)25-6-3/h7-14,20H,4-6H2,1-3H3/q-1. The first kappa shape index (κ1) is 19.2. The maximum atomic E-state index is 11.6. The second-order valence-electron chi connectivity index (χ2n) is 5.54. The van der Waals surface area contributed by atoms with Crippen molar-refractivity contribution < 1.29 is 9.66 Å². The Kier molecular flexibility index (Phi) is 7.19. The van der Waals surface area contributed by atoms with Crippen LogP contribution in [0.25, 0.3) is 0 Å². The predicted octanol–water partition coefficient (Wildman–Crippen LogP) is 5.55. The fourth-order valence-electron chi connectivity index (χ4n) is 2.86. The molecule has 0 fully saturated rings. The van der Waals surface area contributed by atoms with Crippen LogP contribution >= 0.6 is 11.8 Å². The lowest BCUT2D eigenvalue weighted by atomic mass is 9.84. The van der Waals surface area contributed by atoms with Crippen LogP contribution in [0.5, 0.6) is 5.75 Å². The summed E-state index contributed by atoms with van der Waals surface area (Å²) >= 11 is 1.76. The SMILES string of the molecule is CCOc1ccc(C(c2ccc(SCC)cc2)[C-](CC)[N+](=O)[O-])cc1. The molecule has 0 radical (unpaired) electrons. The van der Waals surface area contributed by atoms with Crippen molar-refractivity contribution in [2.24, 2.45) is 0 Å². The van der Waals surface area contributed by atoms with Crippen molar-refractivity contribution in [3.8, 4) is 5.75 Å². The maximum absolute atomic E-state index is 11.6. The number of hydrogen-bond donors (Lipinski definition) is 0. The molecule has 0 bridgehead atoms. The van der Waals surface area contributed by atoms with E-state index in [0.717, 1.165) is 22.6 Å². The number of nitrogens with zero attached hydrogens (tertiary/aromatic N) is 1. The minimum absolute atomic E-state index is 0.240. The molecule has 4 nitrogen and oxygen atoms in total. The Labute approximate surface area is 153 Å². The van der Waals surface area contributed by atoms with Gasteiger partial charge in [-0.05, 0) is 48.9 Å². The molecule has 0 heterocycles. The van der Waals surface area contributed by atoms with Crippen molar-refractivity contribution >= 4 is 11.8 Å². The summed E-state index contributed by atoms with van der Waals surface area (Å²) in [5, 5.41) is 11.6. The summed E-state index contributed by atoms with van der Waals surface area (Å²) in [5.74, 6) is 1.43. The van der Waals surface area contributed by atoms with E-state index in [1.807, 2.05) is 62.4 Å². The Balaban J connectivity index is 2.40. The van der Waals surface area contributed by atoms with Crippen LogP contribution in [0.3, 0.4) is 0 Å². The molecule has 0 amide bonds. The molecule has 2 rings (SSSR count). The first-order valence-electron chi connectivity index (χ1n) is 8.56. The summed E-state index contributed by atoms with van der Waals surface area (Å²) in [7, 11) is 0. The van der Waals surface area contributed by atoms with Gasteiger partial charge in [-0.2, -0.15) is 0 Å². The van der Waals surface area contributed by atoms with Crippen molar-refractivity contribution in [2.45, 2.75) is 38.0 Å². The quantitative estimate of drug-likeness (QED) is 0.255. The molecule has 1 unspecified atom stereocenters. The van der Waals surface area contributed by atoms with Crippen molar-refractivity contribution in [2.75, 3.05) is 12.4 Å². The van der Waals surface area contributed by atoms with Crippen LogP contribution in [-0.2, 0) is 0 Å². The van der Waals surface area contributed by atoms with Crippen LogP contribution in [0.2, 0.25) is 0 Å². The second-order valence-corrected chi connectivity index (χ2v) is 6.88. The Hall–Kier alpha value is -2.14. The highest BCUT2D eigenvalue weighted by molar-refractivity contribution is 7.99. The lowest BCUT2D eigenvalue weighted by molar-refractivity contribution is -0.471. The Morgan fingerprint density at radius 2 is 1.60 bits per heavy atom. The zero-order chi connectivity index (χ0) is 18.2. The van der Waals surface area contributed by atoms with E-state index in [1.165, 1.54) is 4.90 Å². The smallest absolute Gasteiger partial charge is 0.119 e. The summed E-state index contributed by atoms with van der Waals surface area (Å²) in [6.07, 6.45) is 0.399. The van der Waals surface area contributed by atoms with Crippen LogP contribution in [-0.4, -0.2) is 17.3 Å². The van der Waals surface area contributed by atoms with Crippen LogP contribution in [0, 0.1) is 16.2 Å². The molecule has 2 aromatic carbocycles. The van der Waals surface area contributed by atoms with Gasteiger partial charge in [-0.1, -0.05) is 49.2 Å². The zero-order valence-corrected chi connectivity index (χ0v) is 15.7.